The zero-order chi connectivity index (χ0) is 19.2. The molecule has 134 valence electrons. The molecule has 0 fully saturated rings. The van der Waals surface area contributed by atoms with Gasteiger partial charge in [0, 0.05) is 11.1 Å². The van der Waals surface area contributed by atoms with Crippen molar-refractivity contribution in [3.05, 3.63) is 69.3 Å². The SMILES string of the molecule is CC1=CC(=C2C(=O)ON=C2c2ccc(C(C)(C)C)cc2)C(C)=C(C)C1=O. The van der Waals surface area contributed by atoms with Crippen LogP contribution in [0.4, 0.5) is 0 Å². The van der Waals surface area contributed by atoms with Gasteiger partial charge in [0.25, 0.3) is 0 Å². The van der Waals surface area contributed by atoms with Gasteiger partial charge >= 0.3 is 5.97 Å². The third-order valence-electron chi connectivity index (χ3n) is 4.98. The molecular weight excluding hydrogens is 326 g/mol. The quantitative estimate of drug-likeness (QED) is 0.557. The van der Waals surface area contributed by atoms with Crippen molar-refractivity contribution in [1.82, 2.24) is 0 Å². The maximum absolute atomic E-state index is 12.4. The number of nitrogens with zero attached hydrogens (tertiary/aromatic N) is 1. The van der Waals surface area contributed by atoms with Gasteiger partial charge in [-0.3, -0.25) is 4.79 Å². The van der Waals surface area contributed by atoms with Crippen LogP contribution in [-0.2, 0) is 19.8 Å². The normalized spacial score (nSPS) is 21.0. The van der Waals surface area contributed by atoms with Crippen molar-refractivity contribution >= 4 is 17.5 Å². The minimum Gasteiger partial charge on any atom is -0.312 e. The van der Waals surface area contributed by atoms with Crippen LogP contribution in [0.2, 0.25) is 0 Å². The number of benzene rings is 1. The Morgan fingerprint density at radius 3 is 2.12 bits per heavy atom. The van der Waals surface area contributed by atoms with Gasteiger partial charge in [0.15, 0.2) is 5.78 Å². The third kappa shape index (κ3) is 2.96. The van der Waals surface area contributed by atoms with Crippen molar-refractivity contribution in [2.45, 2.75) is 47.0 Å². The van der Waals surface area contributed by atoms with E-state index in [9.17, 15) is 9.59 Å². The van der Waals surface area contributed by atoms with Crippen LogP contribution < -0.4 is 0 Å². The predicted molar refractivity (Wildman–Crippen MR) is 102 cm³/mol. The summed E-state index contributed by atoms with van der Waals surface area (Å²) in [6.07, 6.45) is 1.76. The van der Waals surface area contributed by atoms with E-state index in [0.717, 1.165) is 11.1 Å². The molecule has 4 nitrogen and oxygen atoms in total. The highest BCUT2D eigenvalue weighted by molar-refractivity contribution is 6.30. The Balaban J connectivity index is 2.12. The van der Waals surface area contributed by atoms with Crippen LogP contribution in [0.25, 0.3) is 0 Å². The summed E-state index contributed by atoms with van der Waals surface area (Å²) in [5.74, 6) is -0.480. The highest BCUT2D eigenvalue weighted by Crippen LogP contribution is 2.32. The summed E-state index contributed by atoms with van der Waals surface area (Å²) in [6, 6.07) is 8.00. The molecule has 1 aromatic rings. The first-order valence-corrected chi connectivity index (χ1v) is 8.67. The number of rotatable bonds is 1. The van der Waals surface area contributed by atoms with Crippen molar-refractivity contribution < 1.29 is 14.4 Å². The van der Waals surface area contributed by atoms with Gasteiger partial charge in [-0.15, -0.1) is 0 Å². The lowest BCUT2D eigenvalue weighted by atomic mass is 9.83. The van der Waals surface area contributed by atoms with Crippen molar-refractivity contribution in [2.75, 3.05) is 0 Å². The van der Waals surface area contributed by atoms with E-state index in [1.54, 1.807) is 19.9 Å². The third-order valence-corrected chi connectivity index (χ3v) is 4.98. The zero-order valence-corrected chi connectivity index (χ0v) is 16.1. The van der Waals surface area contributed by atoms with Crippen LogP contribution in [0.5, 0.6) is 0 Å². The van der Waals surface area contributed by atoms with E-state index in [2.05, 4.69) is 25.9 Å². The molecule has 0 spiro atoms. The second-order valence-corrected chi connectivity index (χ2v) is 7.84. The van der Waals surface area contributed by atoms with Crippen LogP contribution >= 0.6 is 0 Å². The summed E-state index contributed by atoms with van der Waals surface area (Å²) in [5.41, 5.74) is 5.74. The molecule has 0 aromatic heterocycles. The van der Waals surface area contributed by atoms with Crippen molar-refractivity contribution in [3.8, 4) is 0 Å². The van der Waals surface area contributed by atoms with Gasteiger partial charge in [0.1, 0.15) is 5.71 Å². The first kappa shape index (κ1) is 18.1. The van der Waals surface area contributed by atoms with Gasteiger partial charge in [-0.2, -0.15) is 0 Å². The van der Waals surface area contributed by atoms with Crippen LogP contribution in [0.1, 0.15) is 52.7 Å². The molecule has 2 aliphatic rings. The molecule has 26 heavy (non-hydrogen) atoms. The number of oxime groups is 1. The number of hydrogen-bond acceptors (Lipinski definition) is 4. The number of allylic oxidation sites excluding steroid dienone is 5. The molecule has 1 heterocycles. The molecule has 0 bridgehead atoms. The van der Waals surface area contributed by atoms with Gasteiger partial charge in [-0.25, -0.2) is 4.79 Å². The highest BCUT2D eigenvalue weighted by atomic mass is 16.7. The zero-order valence-electron chi connectivity index (χ0n) is 16.1. The maximum atomic E-state index is 12.4. The first-order valence-electron chi connectivity index (χ1n) is 8.67. The van der Waals surface area contributed by atoms with E-state index < -0.39 is 5.97 Å². The fraction of sp³-hybridized carbons (Fsp3) is 0.318. The predicted octanol–water partition coefficient (Wildman–Crippen LogP) is 4.41. The van der Waals surface area contributed by atoms with Crippen LogP contribution in [0.3, 0.4) is 0 Å². The van der Waals surface area contributed by atoms with E-state index in [1.165, 1.54) is 5.56 Å². The molecule has 1 aliphatic carbocycles. The Morgan fingerprint density at radius 2 is 1.54 bits per heavy atom. The number of carbonyl (C=O) groups is 2. The molecule has 0 saturated carbocycles. The molecule has 0 unspecified atom stereocenters. The van der Waals surface area contributed by atoms with E-state index in [-0.39, 0.29) is 11.2 Å². The summed E-state index contributed by atoms with van der Waals surface area (Å²) in [7, 11) is 0. The smallest absolute Gasteiger partial charge is 0.312 e. The lowest BCUT2D eigenvalue weighted by Gasteiger charge is -2.19. The van der Waals surface area contributed by atoms with Crippen LogP contribution in [0.15, 0.2) is 63.4 Å². The minimum atomic E-state index is -0.486. The molecule has 4 heteroatoms. The Kier molecular flexibility index (Phi) is 4.31. The molecule has 0 amide bonds. The number of Topliss-reactive ketones (excluding diaryl/α,β-unsaturated/α-hetero) is 1. The van der Waals surface area contributed by atoms with E-state index in [1.807, 2.05) is 31.2 Å². The Morgan fingerprint density at radius 1 is 0.923 bits per heavy atom. The Hall–Kier alpha value is -2.75. The lowest BCUT2D eigenvalue weighted by molar-refractivity contribution is -0.136. The fourth-order valence-corrected chi connectivity index (χ4v) is 3.16. The van der Waals surface area contributed by atoms with Gasteiger partial charge in [0.05, 0.1) is 5.57 Å². The van der Waals surface area contributed by atoms with Crippen molar-refractivity contribution in [1.29, 1.82) is 0 Å². The summed E-state index contributed by atoms with van der Waals surface area (Å²) < 4.78 is 0. The van der Waals surface area contributed by atoms with Gasteiger partial charge in [-0.05, 0) is 54.5 Å². The highest BCUT2D eigenvalue weighted by Gasteiger charge is 2.32. The van der Waals surface area contributed by atoms with E-state index >= 15 is 0 Å². The molecule has 0 saturated heterocycles. The molecule has 0 atom stereocenters. The Bertz CT molecular complexity index is 933. The van der Waals surface area contributed by atoms with Crippen molar-refractivity contribution in [3.63, 3.8) is 0 Å². The van der Waals surface area contributed by atoms with Crippen LogP contribution in [0, 0.1) is 0 Å². The standard InChI is InChI=1S/C22H23NO3/c1-12-11-17(13(2)14(3)20(12)24)18-19(23-26-21(18)25)15-7-9-16(10-8-15)22(4,5)6/h7-11H,1-6H3. The maximum Gasteiger partial charge on any atom is 0.368 e. The number of ketones is 1. The summed E-state index contributed by atoms with van der Waals surface area (Å²) in [4.78, 5) is 29.5. The second kappa shape index (κ2) is 6.20. The average molecular weight is 349 g/mol. The van der Waals surface area contributed by atoms with Gasteiger partial charge < -0.3 is 4.84 Å². The molecular formula is C22H23NO3. The molecule has 3 rings (SSSR count). The number of hydrogen-bond donors (Lipinski definition) is 0. The topological polar surface area (TPSA) is 55.7 Å². The molecule has 0 N–H and O–H groups in total. The largest absolute Gasteiger partial charge is 0.368 e. The van der Waals surface area contributed by atoms with Crippen LogP contribution in [-0.4, -0.2) is 17.5 Å². The van der Waals surface area contributed by atoms with E-state index in [4.69, 9.17) is 4.84 Å². The molecule has 1 aromatic carbocycles. The summed E-state index contributed by atoms with van der Waals surface area (Å²) >= 11 is 0. The molecule has 1 aliphatic heterocycles. The van der Waals surface area contributed by atoms with Gasteiger partial charge in [0.2, 0.25) is 0 Å². The number of carbonyl (C=O) groups excluding carboxylic acids is 2. The van der Waals surface area contributed by atoms with Crippen molar-refractivity contribution in [2.24, 2.45) is 5.16 Å². The minimum absolute atomic E-state index is 0.00577. The molecule has 0 radical (unpaired) electrons. The van der Waals surface area contributed by atoms with Gasteiger partial charge in [-0.1, -0.05) is 50.2 Å². The summed E-state index contributed by atoms with van der Waals surface area (Å²) in [6.45, 7) is 11.8. The first-order chi connectivity index (χ1) is 12.1. The second-order valence-electron chi connectivity index (χ2n) is 7.84. The fourth-order valence-electron chi connectivity index (χ4n) is 3.16. The Labute approximate surface area is 153 Å². The monoisotopic (exact) mass is 349 g/mol. The summed E-state index contributed by atoms with van der Waals surface area (Å²) in [5, 5.41) is 4.01. The lowest BCUT2D eigenvalue weighted by Crippen LogP contribution is -2.16. The van der Waals surface area contributed by atoms with E-state index in [0.29, 0.717) is 28.0 Å². The average Bonchev–Trinajstić information content (AvgIpc) is 2.97.